The number of aryl methyl sites for hydroxylation is 1. The molecule has 0 saturated carbocycles. The summed E-state index contributed by atoms with van der Waals surface area (Å²) in [7, 11) is -1.33. The number of hydrogen-bond donors (Lipinski definition) is 2. The Morgan fingerprint density at radius 1 is 1.57 bits per heavy atom. The van der Waals surface area contributed by atoms with Crippen LogP contribution in [-0.4, -0.2) is 40.4 Å². The third-order valence-corrected chi connectivity index (χ3v) is 3.64. The van der Waals surface area contributed by atoms with Crippen molar-refractivity contribution in [1.82, 2.24) is 9.55 Å². The van der Waals surface area contributed by atoms with E-state index in [9.17, 15) is 14.2 Å². The molecule has 1 saturated heterocycles. The fourth-order valence-electron chi connectivity index (χ4n) is 2.21. The molecule has 2 N–H and O–H groups in total. The zero-order chi connectivity index (χ0) is 15.6. The molecule has 0 amide bonds. The summed E-state index contributed by atoms with van der Waals surface area (Å²) in [6, 6.07) is 0. The number of ether oxygens (including phenoxy) is 2. The Kier molecular flexibility index (Phi) is 5.02. The lowest BCUT2D eigenvalue weighted by Gasteiger charge is -2.15. The van der Waals surface area contributed by atoms with Gasteiger partial charge in [-0.05, 0) is 6.92 Å². The van der Waals surface area contributed by atoms with Crippen molar-refractivity contribution in [3.8, 4) is 0 Å². The third kappa shape index (κ3) is 3.63. The maximum Gasteiger partial charge on any atom is 0.695 e. The van der Waals surface area contributed by atoms with Crippen molar-refractivity contribution >= 4 is 8.25 Å². The third-order valence-electron chi connectivity index (χ3n) is 3.19. The summed E-state index contributed by atoms with van der Waals surface area (Å²) in [5.41, 5.74) is -0.714. The standard InChI is InChI=1S/C11H15N2O7P/c1-6-4-13(11(15)12-10(6)14)9-3-7(20-21(16)17)8(19-9)5-18-2/h4,7-9H,3,5H2,1-2H3,(H-,12,14,15,16,17)/p+1/t7?,8-,9?/m1/s1. The molecule has 4 atom stereocenters. The number of methoxy groups -OCH3 is 1. The van der Waals surface area contributed by atoms with E-state index < -0.39 is 37.9 Å². The molecule has 21 heavy (non-hydrogen) atoms. The van der Waals surface area contributed by atoms with Crippen LogP contribution in [0.2, 0.25) is 0 Å². The molecule has 2 heterocycles. The predicted molar refractivity (Wildman–Crippen MR) is 71.2 cm³/mol. The Bertz CT molecular complexity index is 640. The highest BCUT2D eigenvalue weighted by Crippen LogP contribution is 2.34. The van der Waals surface area contributed by atoms with Gasteiger partial charge in [0.1, 0.15) is 18.4 Å². The van der Waals surface area contributed by atoms with E-state index in [1.54, 1.807) is 6.92 Å². The number of rotatable bonds is 5. The van der Waals surface area contributed by atoms with Gasteiger partial charge >= 0.3 is 13.9 Å². The highest BCUT2D eigenvalue weighted by atomic mass is 31.1. The fourth-order valence-corrected chi connectivity index (χ4v) is 2.67. The minimum atomic E-state index is -2.79. The van der Waals surface area contributed by atoms with Crippen LogP contribution in [0.25, 0.3) is 0 Å². The van der Waals surface area contributed by atoms with Gasteiger partial charge in [-0.25, -0.2) is 4.79 Å². The lowest BCUT2D eigenvalue weighted by molar-refractivity contribution is -0.0513. The molecular formula is C11H16N2O7P+. The number of H-pyrrole nitrogens is 1. The van der Waals surface area contributed by atoms with Gasteiger partial charge in [0.15, 0.2) is 0 Å². The summed E-state index contributed by atoms with van der Waals surface area (Å²) in [6.45, 7) is 1.72. The lowest BCUT2D eigenvalue weighted by atomic mass is 10.2. The minimum Gasteiger partial charge on any atom is -0.382 e. The maximum absolute atomic E-state index is 11.8. The molecule has 3 unspecified atom stereocenters. The van der Waals surface area contributed by atoms with Gasteiger partial charge < -0.3 is 9.47 Å². The second-order valence-corrected chi connectivity index (χ2v) is 5.37. The maximum atomic E-state index is 11.8. The van der Waals surface area contributed by atoms with Crippen molar-refractivity contribution < 1.29 is 23.5 Å². The highest BCUT2D eigenvalue weighted by molar-refractivity contribution is 7.32. The first kappa shape index (κ1) is 16.0. The molecule has 1 aliphatic rings. The van der Waals surface area contributed by atoms with Crippen molar-refractivity contribution in [1.29, 1.82) is 0 Å². The van der Waals surface area contributed by atoms with E-state index in [2.05, 4.69) is 4.98 Å². The van der Waals surface area contributed by atoms with Crippen LogP contribution >= 0.6 is 8.25 Å². The average molecular weight is 319 g/mol. The molecule has 1 aromatic heterocycles. The first-order valence-electron chi connectivity index (χ1n) is 6.21. The van der Waals surface area contributed by atoms with Crippen LogP contribution in [0.4, 0.5) is 0 Å². The summed E-state index contributed by atoms with van der Waals surface area (Å²) in [5.74, 6) is 0. The van der Waals surface area contributed by atoms with Crippen molar-refractivity contribution in [2.75, 3.05) is 13.7 Å². The molecule has 10 heteroatoms. The van der Waals surface area contributed by atoms with E-state index in [0.29, 0.717) is 5.56 Å². The van der Waals surface area contributed by atoms with Gasteiger partial charge in [-0.3, -0.25) is 14.3 Å². The normalized spacial score (nSPS) is 26.0. The molecule has 1 fully saturated rings. The first-order chi connectivity index (χ1) is 9.92. The van der Waals surface area contributed by atoms with E-state index in [1.807, 2.05) is 0 Å². The van der Waals surface area contributed by atoms with Crippen molar-refractivity contribution in [3.63, 3.8) is 0 Å². The number of aromatic nitrogens is 2. The van der Waals surface area contributed by atoms with Crippen molar-refractivity contribution in [2.24, 2.45) is 0 Å². The van der Waals surface area contributed by atoms with Gasteiger partial charge in [-0.2, -0.15) is 0 Å². The quantitative estimate of drug-likeness (QED) is 0.722. The SMILES string of the molecule is COC[C@H]1OC(n2cc(C)c(=O)[nH]c2=O)CC1O[P+](=O)O. The van der Waals surface area contributed by atoms with Crippen molar-refractivity contribution in [3.05, 3.63) is 32.6 Å². The molecule has 9 nitrogen and oxygen atoms in total. The molecule has 0 bridgehead atoms. The molecule has 116 valence electrons. The highest BCUT2D eigenvalue weighted by Gasteiger charge is 2.42. The zero-order valence-corrected chi connectivity index (χ0v) is 12.4. The molecule has 0 aromatic carbocycles. The van der Waals surface area contributed by atoms with Crippen molar-refractivity contribution in [2.45, 2.75) is 31.8 Å². The zero-order valence-electron chi connectivity index (χ0n) is 11.5. The molecule has 2 rings (SSSR count). The molecule has 0 aliphatic carbocycles. The molecule has 1 aromatic rings. The summed E-state index contributed by atoms with van der Waals surface area (Å²) >= 11 is 0. The molecule has 0 spiro atoms. The number of aromatic amines is 1. The molecule has 0 radical (unpaired) electrons. The van der Waals surface area contributed by atoms with Crippen LogP contribution in [0.1, 0.15) is 18.2 Å². The topological polar surface area (TPSA) is 120 Å². The van der Waals surface area contributed by atoms with Crippen LogP contribution < -0.4 is 11.2 Å². The summed E-state index contributed by atoms with van der Waals surface area (Å²) in [4.78, 5) is 34.2. The predicted octanol–water partition coefficient (Wildman–Crippen LogP) is -0.186. The van der Waals surface area contributed by atoms with Crippen LogP contribution in [0, 0.1) is 6.92 Å². The van der Waals surface area contributed by atoms with Crippen LogP contribution in [0.3, 0.4) is 0 Å². The van der Waals surface area contributed by atoms with Crippen LogP contribution in [0.5, 0.6) is 0 Å². The number of nitrogens with one attached hydrogen (secondary N) is 1. The Labute approximate surface area is 120 Å². The van der Waals surface area contributed by atoms with Gasteiger partial charge in [0.25, 0.3) is 5.56 Å². The minimum absolute atomic E-state index is 0.154. The van der Waals surface area contributed by atoms with Crippen LogP contribution in [-0.2, 0) is 18.6 Å². The molecule has 1 aliphatic heterocycles. The Balaban J connectivity index is 2.26. The fraction of sp³-hybridized carbons (Fsp3) is 0.636. The first-order valence-corrected chi connectivity index (χ1v) is 7.34. The van der Waals surface area contributed by atoms with E-state index in [-0.39, 0.29) is 13.0 Å². The second-order valence-electron chi connectivity index (χ2n) is 4.68. The summed E-state index contributed by atoms with van der Waals surface area (Å²) in [6.07, 6.45) is -0.376. The van der Waals surface area contributed by atoms with Gasteiger partial charge in [0, 0.05) is 29.9 Å². The van der Waals surface area contributed by atoms with Crippen LogP contribution in [0.15, 0.2) is 15.8 Å². The van der Waals surface area contributed by atoms with E-state index >= 15 is 0 Å². The summed E-state index contributed by atoms with van der Waals surface area (Å²) in [5, 5.41) is 0. The van der Waals surface area contributed by atoms with E-state index in [0.717, 1.165) is 0 Å². The monoisotopic (exact) mass is 319 g/mol. The van der Waals surface area contributed by atoms with E-state index in [1.165, 1.54) is 17.9 Å². The number of hydrogen-bond acceptors (Lipinski definition) is 6. The average Bonchev–Trinajstić information content (AvgIpc) is 2.76. The Hall–Kier alpha value is -1.38. The van der Waals surface area contributed by atoms with Gasteiger partial charge in [0.05, 0.1) is 6.61 Å². The molecular weight excluding hydrogens is 303 g/mol. The summed E-state index contributed by atoms with van der Waals surface area (Å²) < 4.78 is 27.5. The van der Waals surface area contributed by atoms with Gasteiger partial charge in [-0.15, -0.1) is 9.42 Å². The van der Waals surface area contributed by atoms with Gasteiger partial charge in [0.2, 0.25) is 0 Å². The Morgan fingerprint density at radius 3 is 2.90 bits per heavy atom. The lowest BCUT2D eigenvalue weighted by Crippen LogP contribution is -2.33. The van der Waals surface area contributed by atoms with Gasteiger partial charge in [-0.1, -0.05) is 0 Å². The van der Waals surface area contributed by atoms with E-state index in [4.69, 9.17) is 18.9 Å². The Morgan fingerprint density at radius 2 is 2.29 bits per heavy atom. The second kappa shape index (κ2) is 6.59. The smallest absolute Gasteiger partial charge is 0.382 e. The number of nitrogens with zero attached hydrogens (tertiary/aromatic N) is 1. The largest absolute Gasteiger partial charge is 0.695 e.